The van der Waals surface area contributed by atoms with E-state index in [9.17, 15) is 27.2 Å². The number of anilines is 3. The van der Waals surface area contributed by atoms with Gasteiger partial charge in [-0.05, 0) is 67.9 Å². The van der Waals surface area contributed by atoms with Crippen LogP contribution in [0.3, 0.4) is 0 Å². The van der Waals surface area contributed by atoms with Crippen molar-refractivity contribution in [1.82, 2.24) is 14.9 Å². The summed E-state index contributed by atoms with van der Waals surface area (Å²) < 4.78 is 54.9. The Bertz CT molecular complexity index is 1670. The summed E-state index contributed by atoms with van der Waals surface area (Å²) >= 11 is 0. The number of aromatic amines is 1. The van der Waals surface area contributed by atoms with Crippen LogP contribution in [-0.4, -0.2) is 32.3 Å². The summed E-state index contributed by atoms with van der Waals surface area (Å²) in [5, 5.41) is 12.2. The third-order valence-electron chi connectivity index (χ3n) is 6.61. The fourth-order valence-electron chi connectivity index (χ4n) is 4.47. The van der Waals surface area contributed by atoms with Crippen molar-refractivity contribution >= 4 is 40.0 Å². The van der Waals surface area contributed by atoms with Gasteiger partial charge in [-0.25, -0.2) is 19.1 Å². The van der Waals surface area contributed by atoms with Crippen LogP contribution >= 0.6 is 0 Å². The average Bonchev–Trinajstić information content (AvgIpc) is 3.41. The lowest BCUT2D eigenvalue weighted by atomic mass is 10.0. The molecule has 1 saturated heterocycles. The van der Waals surface area contributed by atoms with Crippen LogP contribution in [0.2, 0.25) is 0 Å². The number of carbonyl (C=O) groups excluding carboxylic acids is 2. The fraction of sp³-hybridized carbons (Fsp3) is 0.185. The number of aromatic nitrogens is 2. The van der Waals surface area contributed by atoms with Crippen molar-refractivity contribution in [1.29, 1.82) is 5.26 Å². The lowest BCUT2D eigenvalue weighted by Gasteiger charge is -2.28. The maximum absolute atomic E-state index is 14.2. The van der Waals surface area contributed by atoms with Crippen molar-refractivity contribution in [2.75, 3.05) is 10.2 Å². The number of benzene rings is 3. The number of fused-ring (bicyclic) bond motifs is 1. The molecule has 4 aromatic rings. The largest absolute Gasteiger partial charge is 0.417 e. The van der Waals surface area contributed by atoms with Crippen LogP contribution in [0.25, 0.3) is 11.0 Å². The van der Waals surface area contributed by atoms with Crippen molar-refractivity contribution in [3.8, 4) is 6.07 Å². The first-order valence-corrected chi connectivity index (χ1v) is 11.7. The molecule has 5 rings (SSSR count). The molecule has 1 aliphatic rings. The Labute approximate surface area is 219 Å². The van der Waals surface area contributed by atoms with Crippen molar-refractivity contribution in [2.24, 2.45) is 0 Å². The van der Waals surface area contributed by atoms with E-state index in [0.717, 1.165) is 23.2 Å². The number of imide groups is 1. The quantitative estimate of drug-likeness (QED) is 0.238. The topological polar surface area (TPSA) is 105 Å². The van der Waals surface area contributed by atoms with Gasteiger partial charge in [-0.3, -0.25) is 4.79 Å². The summed E-state index contributed by atoms with van der Waals surface area (Å²) in [6, 6.07) is 12.5. The highest BCUT2D eigenvalue weighted by Crippen LogP contribution is 2.39. The zero-order valence-corrected chi connectivity index (χ0v) is 20.6. The number of nitrogens with one attached hydrogen (secondary N) is 2. The molecule has 3 aromatic carbocycles. The lowest BCUT2D eigenvalue weighted by molar-refractivity contribution is -0.137. The molecule has 2 heterocycles. The second kappa shape index (κ2) is 9.13. The van der Waals surface area contributed by atoms with Crippen LogP contribution < -0.4 is 10.2 Å². The molecular formula is C27H20F4N6O2. The number of halogens is 4. The highest BCUT2D eigenvalue weighted by atomic mass is 19.4. The van der Waals surface area contributed by atoms with E-state index in [1.54, 1.807) is 18.2 Å². The van der Waals surface area contributed by atoms with E-state index in [4.69, 9.17) is 5.26 Å². The molecule has 8 nitrogen and oxygen atoms in total. The Morgan fingerprint density at radius 1 is 1.08 bits per heavy atom. The highest BCUT2D eigenvalue weighted by molar-refractivity contribution is 6.23. The third-order valence-corrected chi connectivity index (χ3v) is 6.61. The number of rotatable bonds is 5. The van der Waals surface area contributed by atoms with Crippen molar-refractivity contribution in [3.63, 3.8) is 0 Å². The van der Waals surface area contributed by atoms with E-state index in [2.05, 4.69) is 15.3 Å². The maximum Gasteiger partial charge on any atom is 0.417 e. The molecule has 198 valence electrons. The standard InChI is InChI=1S/C27H20F4N6O2/c1-26(2)24(38)37(19-7-4-15(12-32)20(11-19)27(29,30)31)25(39)36(26)13-16-3-5-17(28)9-22(16)35-18-6-8-21-23(10-18)34-14-33-21/h3-11,14,35H,13H2,1-2H3,(H,33,34). The van der Waals surface area contributed by atoms with E-state index in [1.807, 2.05) is 0 Å². The van der Waals surface area contributed by atoms with Crippen LogP contribution in [0.15, 0.2) is 60.9 Å². The second-order valence-electron chi connectivity index (χ2n) is 9.47. The highest BCUT2D eigenvalue weighted by Gasteiger charge is 2.52. The number of H-pyrrole nitrogens is 1. The van der Waals surface area contributed by atoms with Gasteiger partial charge in [0.25, 0.3) is 5.91 Å². The van der Waals surface area contributed by atoms with Crippen LogP contribution in [0.5, 0.6) is 0 Å². The number of hydrogen-bond acceptors (Lipinski definition) is 5. The molecule has 39 heavy (non-hydrogen) atoms. The Morgan fingerprint density at radius 3 is 2.56 bits per heavy atom. The maximum atomic E-state index is 14.2. The van der Waals surface area contributed by atoms with Crippen LogP contribution in [0, 0.1) is 17.1 Å². The van der Waals surface area contributed by atoms with Crippen molar-refractivity contribution < 1.29 is 27.2 Å². The van der Waals surface area contributed by atoms with E-state index in [-0.39, 0.29) is 12.2 Å². The van der Waals surface area contributed by atoms with Crippen molar-refractivity contribution in [3.05, 3.63) is 83.4 Å². The number of amides is 3. The van der Waals surface area contributed by atoms with Gasteiger partial charge in [0, 0.05) is 11.4 Å². The molecule has 0 unspecified atom stereocenters. The normalized spacial score (nSPS) is 15.2. The molecule has 12 heteroatoms. The van der Waals surface area contributed by atoms with Crippen molar-refractivity contribution in [2.45, 2.75) is 32.1 Å². The molecule has 1 fully saturated rings. The first-order chi connectivity index (χ1) is 18.4. The number of nitrogens with zero attached hydrogens (tertiary/aromatic N) is 4. The third kappa shape index (κ3) is 4.52. The lowest BCUT2D eigenvalue weighted by Crippen LogP contribution is -2.43. The summed E-state index contributed by atoms with van der Waals surface area (Å²) in [4.78, 5) is 35.8. The van der Waals surface area contributed by atoms with Crippen LogP contribution in [-0.2, 0) is 17.5 Å². The van der Waals surface area contributed by atoms with E-state index in [0.29, 0.717) is 27.9 Å². The van der Waals surface area contributed by atoms with E-state index < -0.39 is 40.6 Å². The first-order valence-electron chi connectivity index (χ1n) is 11.7. The number of urea groups is 1. The monoisotopic (exact) mass is 536 g/mol. The van der Waals surface area contributed by atoms with Gasteiger partial charge in [0.1, 0.15) is 11.4 Å². The number of nitriles is 1. The zero-order chi connectivity index (χ0) is 28.1. The second-order valence-corrected chi connectivity index (χ2v) is 9.47. The molecule has 3 amide bonds. The summed E-state index contributed by atoms with van der Waals surface area (Å²) in [5.41, 5.74) is -0.735. The molecule has 1 aromatic heterocycles. The Balaban J connectivity index is 1.49. The van der Waals surface area contributed by atoms with E-state index >= 15 is 0 Å². The number of imidazole rings is 1. The number of carbonyl (C=O) groups is 2. The summed E-state index contributed by atoms with van der Waals surface area (Å²) in [6.07, 6.45) is -3.33. The molecule has 0 spiro atoms. The van der Waals surface area contributed by atoms with E-state index in [1.165, 1.54) is 49.3 Å². The predicted molar refractivity (Wildman–Crippen MR) is 134 cm³/mol. The first kappa shape index (κ1) is 25.7. The summed E-state index contributed by atoms with van der Waals surface area (Å²) in [5.74, 6) is -1.28. The van der Waals surface area contributed by atoms with Gasteiger partial charge < -0.3 is 15.2 Å². The van der Waals surface area contributed by atoms with Crippen LogP contribution in [0.4, 0.5) is 39.4 Å². The zero-order valence-electron chi connectivity index (χ0n) is 20.6. The van der Waals surface area contributed by atoms with Gasteiger partial charge in [0.15, 0.2) is 0 Å². The molecule has 0 radical (unpaired) electrons. The summed E-state index contributed by atoms with van der Waals surface area (Å²) in [7, 11) is 0. The predicted octanol–water partition coefficient (Wildman–Crippen LogP) is 6.08. The summed E-state index contributed by atoms with van der Waals surface area (Å²) in [6.45, 7) is 2.81. The van der Waals surface area contributed by atoms with Gasteiger partial charge in [-0.1, -0.05) is 6.07 Å². The Morgan fingerprint density at radius 2 is 1.85 bits per heavy atom. The molecule has 1 aliphatic heterocycles. The minimum Gasteiger partial charge on any atom is -0.355 e. The molecular weight excluding hydrogens is 516 g/mol. The minimum atomic E-state index is -4.87. The Hall–Kier alpha value is -4.92. The molecule has 0 saturated carbocycles. The smallest absolute Gasteiger partial charge is 0.355 e. The molecule has 0 atom stereocenters. The number of alkyl halides is 3. The van der Waals surface area contributed by atoms with Gasteiger partial charge in [0.2, 0.25) is 0 Å². The minimum absolute atomic E-state index is 0.147. The molecule has 2 N–H and O–H groups in total. The van der Waals surface area contributed by atoms with Gasteiger partial charge >= 0.3 is 12.2 Å². The molecule has 0 bridgehead atoms. The molecule has 0 aliphatic carbocycles. The van der Waals surface area contributed by atoms with Crippen LogP contribution in [0.1, 0.15) is 30.5 Å². The number of hydrogen-bond donors (Lipinski definition) is 2. The van der Waals surface area contributed by atoms with Gasteiger partial charge in [0.05, 0.1) is 46.8 Å². The SMILES string of the molecule is CC1(C)C(=O)N(c2ccc(C#N)c(C(F)(F)F)c2)C(=O)N1Cc1ccc(F)cc1Nc1ccc2nc[nH]c2c1. The van der Waals surface area contributed by atoms with Gasteiger partial charge in [-0.15, -0.1) is 0 Å². The van der Waals surface area contributed by atoms with Gasteiger partial charge in [-0.2, -0.15) is 18.4 Å². The average molecular weight is 536 g/mol. The Kier molecular flexibility index (Phi) is 6.02. The fourth-order valence-corrected chi connectivity index (χ4v) is 4.47.